The predicted molar refractivity (Wildman–Crippen MR) is 249 cm³/mol. The van der Waals surface area contributed by atoms with E-state index in [4.69, 9.17) is 38.4 Å². The van der Waals surface area contributed by atoms with E-state index in [9.17, 15) is 4.39 Å². The Balaban J connectivity index is 1.06. The van der Waals surface area contributed by atoms with Crippen LogP contribution in [0.3, 0.4) is 0 Å². The van der Waals surface area contributed by atoms with Crippen molar-refractivity contribution >= 4 is 23.0 Å². The van der Waals surface area contributed by atoms with Crippen molar-refractivity contribution in [1.82, 2.24) is 19.8 Å². The van der Waals surface area contributed by atoms with Gasteiger partial charge in [0.25, 0.3) is 0 Å². The van der Waals surface area contributed by atoms with E-state index in [1.54, 1.807) is 20.3 Å². The van der Waals surface area contributed by atoms with Crippen LogP contribution in [0.15, 0.2) is 85.7 Å². The lowest BCUT2D eigenvalue weighted by Crippen LogP contribution is -2.59. The topological polar surface area (TPSA) is 101 Å². The molecular formula is C49H65FN8O6. The maximum absolute atomic E-state index is 13.0. The Labute approximate surface area is 378 Å². The second kappa shape index (κ2) is 22.5. The minimum Gasteiger partial charge on any atom is -0.493 e. The zero-order valence-electron chi connectivity index (χ0n) is 37.6. The number of rotatable bonds is 19. The first-order chi connectivity index (χ1) is 31.5. The quantitative estimate of drug-likeness (QED) is 0.0744. The summed E-state index contributed by atoms with van der Waals surface area (Å²) < 4.78 is 47.1. The third kappa shape index (κ3) is 11.3. The fourth-order valence-corrected chi connectivity index (χ4v) is 9.33. The normalized spacial score (nSPS) is 18.1. The summed E-state index contributed by atoms with van der Waals surface area (Å²) >= 11 is 0. The maximum Gasteiger partial charge on any atom is 0.161 e. The molecule has 4 saturated heterocycles. The Morgan fingerprint density at radius 2 is 1.08 bits per heavy atom. The van der Waals surface area contributed by atoms with Crippen LogP contribution in [0.25, 0.3) is 0 Å². The summed E-state index contributed by atoms with van der Waals surface area (Å²) in [6, 6.07) is 21.5. The van der Waals surface area contributed by atoms with Gasteiger partial charge in [-0.15, -0.1) is 0 Å². The number of alkyl halides is 1. The van der Waals surface area contributed by atoms with Crippen LogP contribution in [0, 0.1) is 0 Å². The molecule has 0 amide bonds. The summed E-state index contributed by atoms with van der Waals surface area (Å²) in [6.45, 7) is 15.1. The molecule has 0 spiro atoms. The third-order valence-corrected chi connectivity index (χ3v) is 12.7. The highest BCUT2D eigenvalue weighted by molar-refractivity contribution is 5.61. The molecule has 64 heavy (non-hydrogen) atoms. The molecule has 0 saturated carbocycles. The van der Waals surface area contributed by atoms with Gasteiger partial charge in [-0.3, -0.25) is 19.8 Å². The Kier molecular flexibility index (Phi) is 15.9. The van der Waals surface area contributed by atoms with Crippen LogP contribution in [0.2, 0.25) is 0 Å². The van der Waals surface area contributed by atoms with Crippen molar-refractivity contribution in [3.63, 3.8) is 0 Å². The number of ether oxygens (including phenoxy) is 6. The van der Waals surface area contributed by atoms with Crippen LogP contribution in [0.5, 0.6) is 23.0 Å². The lowest BCUT2D eigenvalue weighted by Gasteiger charge is -2.50. The standard InChI is InChI=1S/C49H65FN8O6/c1-4-26-63-46-32-38(5-9-44(46)59-2)36-53-18-13-40(14-19-53)57(42-7-11-48(51-34-42)55-22-28-61-29-23-55)58(43-8-12-49(52-35-43)56-24-30-62-31-25-56)41-15-20-54(21-16-41)37-39-6-10-45(60-3)47(33-39)64-27-17-50/h4-12,32-35,40-41H,1,13-31,36-37H2,2-3H3. The van der Waals surface area contributed by atoms with E-state index in [1.807, 2.05) is 18.2 Å². The highest BCUT2D eigenvalue weighted by Gasteiger charge is 2.36. The Morgan fingerprint density at radius 3 is 1.47 bits per heavy atom. The maximum atomic E-state index is 13.0. The molecule has 15 heteroatoms. The minimum atomic E-state index is -0.552. The molecule has 0 atom stereocenters. The number of methoxy groups -OCH3 is 2. The van der Waals surface area contributed by atoms with E-state index in [0.717, 1.165) is 131 Å². The molecule has 0 bridgehead atoms. The molecule has 14 nitrogen and oxygen atoms in total. The SMILES string of the molecule is C=CCOc1cc(CN2CCC(N(c3ccc(N4CCOCC4)nc3)N(c3ccc(N4CCOCC4)nc3)C3CCN(Cc4ccc(OC)c(OCCF)c4)CC3)CC2)ccc1OC. The van der Waals surface area contributed by atoms with E-state index >= 15 is 0 Å². The molecule has 4 fully saturated rings. The van der Waals surface area contributed by atoms with Gasteiger partial charge >= 0.3 is 0 Å². The van der Waals surface area contributed by atoms with Gasteiger partial charge in [0.05, 0.1) is 76.5 Å². The molecule has 344 valence electrons. The summed E-state index contributed by atoms with van der Waals surface area (Å²) in [7, 11) is 3.28. The first kappa shape index (κ1) is 45.2. The number of likely N-dealkylation sites (tertiary alicyclic amines) is 2. The van der Waals surface area contributed by atoms with Gasteiger partial charge in [0.15, 0.2) is 23.0 Å². The van der Waals surface area contributed by atoms with Gasteiger partial charge in [-0.25, -0.2) is 14.4 Å². The van der Waals surface area contributed by atoms with Gasteiger partial charge in [0.1, 0.15) is 31.5 Å². The molecule has 2 aromatic heterocycles. The molecule has 8 rings (SSSR count). The van der Waals surface area contributed by atoms with Crippen LogP contribution in [0.4, 0.5) is 27.4 Å². The smallest absolute Gasteiger partial charge is 0.161 e. The molecule has 0 radical (unpaired) electrons. The van der Waals surface area contributed by atoms with Crippen LogP contribution in [-0.2, 0) is 22.6 Å². The second-order valence-corrected chi connectivity index (χ2v) is 16.8. The monoisotopic (exact) mass is 881 g/mol. The van der Waals surface area contributed by atoms with E-state index in [0.29, 0.717) is 44.5 Å². The lowest BCUT2D eigenvalue weighted by molar-refractivity contribution is 0.122. The van der Waals surface area contributed by atoms with Gasteiger partial charge in [-0.05, 0) is 85.3 Å². The summed E-state index contributed by atoms with van der Waals surface area (Å²) in [5.74, 6) is 4.60. The molecule has 4 aromatic rings. The number of aromatic nitrogens is 2. The molecular weight excluding hydrogens is 816 g/mol. The highest BCUT2D eigenvalue weighted by Crippen LogP contribution is 2.36. The Morgan fingerprint density at radius 1 is 0.625 bits per heavy atom. The number of pyridine rings is 2. The van der Waals surface area contributed by atoms with Crippen LogP contribution in [0.1, 0.15) is 36.8 Å². The number of piperidine rings is 2. The van der Waals surface area contributed by atoms with Crippen molar-refractivity contribution in [2.24, 2.45) is 0 Å². The van der Waals surface area contributed by atoms with Crippen LogP contribution < -0.4 is 38.8 Å². The van der Waals surface area contributed by atoms with E-state index < -0.39 is 6.67 Å². The van der Waals surface area contributed by atoms with Crippen molar-refractivity contribution < 1.29 is 32.8 Å². The number of hydrogen-bond donors (Lipinski definition) is 0. The number of halogens is 1. The van der Waals surface area contributed by atoms with Crippen molar-refractivity contribution in [3.8, 4) is 23.0 Å². The van der Waals surface area contributed by atoms with E-state index in [-0.39, 0.29) is 18.7 Å². The summed E-state index contributed by atoms with van der Waals surface area (Å²) in [4.78, 5) is 19.9. The van der Waals surface area contributed by atoms with Crippen molar-refractivity contribution in [2.75, 3.05) is 133 Å². The molecule has 2 aromatic carbocycles. The van der Waals surface area contributed by atoms with Gasteiger partial charge in [0, 0.05) is 65.4 Å². The second-order valence-electron chi connectivity index (χ2n) is 16.8. The van der Waals surface area contributed by atoms with Gasteiger partial charge < -0.3 is 38.2 Å². The number of hydrogen-bond acceptors (Lipinski definition) is 14. The summed E-state index contributed by atoms with van der Waals surface area (Å²) in [5.41, 5.74) is 4.46. The zero-order chi connectivity index (χ0) is 44.1. The zero-order valence-corrected chi connectivity index (χ0v) is 37.6. The molecule has 6 heterocycles. The first-order valence-corrected chi connectivity index (χ1v) is 22.9. The Bertz CT molecular complexity index is 2050. The molecule has 0 unspecified atom stereocenters. The first-order valence-electron chi connectivity index (χ1n) is 22.9. The molecule has 0 N–H and O–H groups in total. The molecule has 4 aliphatic rings. The van der Waals surface area contributed by atoms with Crippen LogP contribution in [-0.4, -0.2) is 145 Å². The highest BCUT2D eigenvalue weighted by atomic mass is 19.1. The molecule has 4 aliphatic heterocycles. The average Bonchev–Trinajstić information content (AvgIpc) is 3.36. The molecule has 0 aliphatic carbocycles. The fraction of sp³-hybridized carbons (Fsp3) is 0.510. The number of nitrogens with zero attached hydrogens (tertiary/aromatic N) is 8. The summed E-state index contributed by atoms with van der Waals surface area (Å²) in [6.07, 6.45) is 9.75. The van der Waals surface area contributed by atoms with Gasteiger partial charge in [0.2, 0.25) is 0 Å². The largest absolute Gasteiger partial charge is 0.493 e. The predicted octanol–water partition coefficient (Wildman–Crippen LogP) is 6.64. The van der Waals surface area contributed by atoms with E-state index in [1.165, 1.54) is 5.56 Å². The number of anilines is 4. The van der Waals surface area contributed by atoms with Crippen molar-refractivity contribution in [1.29, 1.82) is 0 Å². The van der Waals surface area contributed by atoms with Crippen LogP contribution >= 0.6 is 0 Å². The Hall–Kier alpha value is -5.35. The number of morpholine rings is 2. The van der Waals surface area contributed by atoms with E-state index in [2.05, 4.69) is 91.1 Å². The average molecular weight is 881 g/mol. The van der Waals surface area contributed by atoms with Crippen molar-refractivity contribution in [3.05, 3.63) is 96.8 Å². The number of benzene rings is 2. The summed E-state index contributed by atoms with van der Waals surface area (Å²) in [5, 5.41) is 5.12. The van der Waals surface area contributed by atoms with Gasteiger partial charge in [-0.1, -0.05) is 24.8 Å². The third-order valence-electron chi connectivity index (χ3n) is 12.7. The number of hydrazine groups is 1. The minimum absolute atomic E-state index is 0.000323. The lowest BCUT2D eigenvalue weighted by atomic mass is 10.00. The van der Waals surface area contributed by atoms with Crippen molar-refractivity contribution in [2.45, 2.75) is 50.9 Å². The van der Waals surface area contributed by atoms with Gasteiger partial charge in [-0.2, -0.15) is 0 Å². The fourth-order valence-electron chi connectivity index (χ4n) is 9.33.